The van der Waals surface area contributed by atoms with Crippen molar-refractivity contribution in [2.75, 3.05) is 0 Å². The zero-order valence-electron chi connectivity index (χ0n) is 9.31. The maximum absolute atomic E-state index is 11.9. The molecule has 1 amide bonds. The summed E-state index contributed by atoms with van der Waals surface area (Å²) in [5, 5.41) is 9.58. The maximum Gasteiger partial charge on any atom is 0.228 e. The van der Waals surface area contributed by atoms with Crippen LogP contribution in [0.3, 0.4) is 0 Å². The number of fused-ring (bicyclic) bond motifs is 1. The lowest BCUT2D eigenvalue weighted by molar-refractivity contribution is -0.123. The fraction of sp³-hybridized carbons (Fsp3) is 0.231. The van der Waals surface area contributed by atoms with E-state index in [9.17, 15) is 4.79 Å². The predicted octanol–water partition coefficient (Wildman–Crippen LogP) is 1.37. The van der Waals surface area contributed by atoms with E-state index in [2.05, 4.69) is 21.6 Å². The molecule has 0 saturated carbocycles. The van der Waals surface area contributed by atoms with Gasteiger partial charge in [-0.05, 0) is 23.6 Å². The average Bonchev–Trinajstić information content (AvgIpc) is 2.81. The number of carbonyl (C=O) groups excluding carboxylic acids is 1. The van der Waals surface area contributed by atoms with E-state index in [4.69, 9.17) is 0 Å². The maximum atomic E-state index is 11.9. The summed E-state index contributed by atoms with van der Waals surface area (Å²) < 4.78 is 0. The normalized spacial score (nSPS) is 17.1. The number of nitrogens with zero attached hydrogens (tertiary/aromatic N) is 1. The van der Waals surface area contributed by atoms with Gasteiger partial charge in [-0.1, -0.05) is 24.3 Å². The number of rotatable bonds is 3. The summed E-state index contributed by atoms with van der Waals surface area (Å²) in [6, 6.07) is 9.95. The average molecular weight is 227 g/mol. The molecule has 1 aromatic heterocycles. The third-order valence-electron chi connectivity index (χ3n) is 3.18. The van der Waals surface area contributed by atoms with Gasteiger partial charge in [-0.25, -0.2) is 0 Å². The molecular weight excluding hydrogens is 214 g/mol. The molecule has 1 heterocycles. The van der Waals surface area contributed by atoms with Gasteiger partial charge in [0, 0.05) is 6.20 Å². The first kappa shape index (κ1) is 10.1. The summed E-state index contributed by atoms with van der Waals surface area (Å²) in [5.74, 6) is 0.118. The standard InChI is InChI=1S/C13H13N3O/c17-13(14-8-10-5-6-15-16-10)12-7-9-3-1-2-4-11(9)12/h1-6,12H,7-8H2,(H,14,17)(H,15,16). The van der Waals surface area contributed by atoms with Gasteiger partial charge in [0.1, 0.15) is 0 Å². The van der Waals surface area contributed by atoms with E-state index in [0.29, 0.717) is 6.54 Å². The smallest absolute Gasteiger partial charge is 0.228 e. The molecule has 17 heavy (non-hydrogen) atoms. The molecule has 1 unspecified atom stereocenters. The Labute approximate surface area is 99.1 Å². The monoisotopic (exact) mass is 227 g/mol. The van der Waals surface area contributed by atoms with E-state index in [1.807, 2.05) is 24.3 Å². The van der Waals surface area contributed by atoms with Crippen LogP contribution in [-0.4, -0.2) is 16.1 Å². The van der Waals surface area contributed by atoms with E-state index in [0.717, 1.165) is 17.7 Å². The number of hydrogen-bond acceptors (Lipinski definition) is 2. The SMILES string of the molecule is O=C(NCc1ccn[nH]1)C1Cc2ccccc21. The Morgan fingerprint density at radius 1 is 1.41 bits per heavy atom. The zero-order chi connectivity index (χ0) is 11.7. The number of aromatic amines is 1. The highest BCUT2D eigenvalue weighted by atomic mass is 16.1. The molecule has 0 aliphatic heterocycles. The van der Waals surface area contributed by atoms with Crippen molar-refractivity contribution in [1.82, 2.24) is 15.5 Å². The van der Waals surface area contributed by atoms with Crippen LogP contribution in [0.15, 0.2) is 36.5 Å². The van der Waals surface area contributed by atoms with Gasteiger partial charge in [0.2, 0.25) is 5.91 Å². The van der Waals surface area contributed by atoms with Crippen LogP contribution < -0.4 is 5.32 Å². The summed E-state index contributed by atoms with van der Waals surface area (Å²) in [7, 11) is 0. The second-order valence-corrected chi connectivity index (χ2v) is 4.26. The van der Waals surface area contributed by atoms with Crippen molar-refractivity contribution in [2.45, 2.75) is 18.9 Å². The Kier molecular flexibility index (Phi) is 2.40. The van der Waals surface area contributed by atoms with Crippen LogP contribution in [0.1, 0.15) is 22.7 Å². The van der Waals surface area contributed by atoms with E-state index < -0.39 is 0 Å². The van der Waals surface area contributed by atoms with Crippen LogP contribution >= 0.6 is 0 Å². The van der Waals surface area contributed by atoms with Crippen molar-refractivity contribution in [3.8, 4) is 0 Å². The first-order valence-electron chi connectivity index (χ1n) is 5.68. The van der Waals surface area contributed by atoms with Crippen molar-refractivity contribution in [1.29, 1.82) is 0 Å². The summed E-state index contributed by atoms with van der Waals surface area (Å²) in [6.07, 6.45) is 2.53. The molecule has 0 fully saturated rings. The van der Waals surface area contributed by atoms with E-state index in [1.165, 1.54) is 5.56 Å². The van der Waals surface area contributed by atoms with Gasteiger partial charge in [0.15, 0.2) is 0 Å². The number of H-pyrrole nitrogens is 1. The van der Waals surface area contributed by atoms with Gasteiger partial charge in [-0.15, -0.1) is 0 Å². The largest absolute Gasteiger partial charge is 0.350 e. The van der Waals surface area contributed by atoms with Gasteiger partial charge >= 0.3 is 0 Å². The molecule has 1 aromatic carbocycles. The minimum Gasteiger partial charge on any atom is -0.350 e. The fourth-order valence-electron chi connectivity index (χ4n) is 2.18. The van der Waals surface area contributed by atoms with Crippen molar-refractivity contribution >= 4 is 5.91 Å². The number of benzene rings is 1. The molecular formula is C13H13N3O. The molecule has 3 rings (SSSR count). The summed E-state index contributed by atoms with van der Waals surface area (Å²) in [4.78, 5) is 11.9. The molecule has 4 nitrogen and oxygen atoms in total. The Morgan fingerprint density at radius 2 is 2.29 bits per heavy atom. The number of hydrogen-bond donors (Lipinski definition) is 2. The first-order chi connectivity index (χ1) is 8.34. The van der Waals surface area contributed by atoms with Crippen molar-refractivity contribution in [3.63, 3.8) is 0 Å². The van der Waals surface area contributed by atoms with Gasteiger partial charge in [0.25, 0.3) is 0 Å². The molecule has 2 aromatic rings. The quantitative estimate of drug-likeness (QED) is 0.832. The number of aromatic nitrogens is 2. The lowest BCUT2D eigenvalue weighted by Crippen LogP contribution is -2.35. The summed E-state index contributed by atoms with van der Waals surface area (Å²) in [6.45, 7) is 0.511. The molecule has 4 heteroatoms. The third kappa shape index (κ3) is 1.82. The van der Waals surface area contributed by atoms with Crippen LogP contribution in [0.2, 0.25) is 0 Å². The lowest BCUT2D eigenvalue weighted by Gasteiger charge is -2.28. The lowest BCUT2D eigenvalue weighted by atomic mass is 9.77. The van der Waals surface area contributed by atoms with E-state index in [1.54, 1.807) is 6.20 Å². The molecule has 1 aliphatic carbocycles. The van der Waals surface area contributed by atoms with Crippen LogP contribution in [-0.2, 0) is 17.8 Å². The molecule has 1 aliphatic rings. The summed E-state index contributed by atoms with van der Waals surface area (Å²) >= 11 is 0. The molecule has 0 spiro atoms. The third-order valence-corrected chi connectivity index (χ3v) is 3.18. The van der Waals surface area contributed by atoms with Crippen LogP contribution in [0.25, 0.3) is 0 Å². The Hall–Kier alpha value is -2.10. The Morgan fingerprint density at radius 3 is 3.06 bits per heavy atom. The fourth-order valence-corrected chi connectivity index (χ4v) is 2.18. The topological polar surface area (TPSA) is 57.8 Å². The Balaban J connectivity index is 1.62. The van der Waals surface area contributed by atoms with Gasteiger partial charge in [0.05, 0.1) is 18.2 Å². The van der Waals surface area contributed by atoms with E-state index >= 15 is 0 Å². The molecule has 0 bridgehead atoms. The number of amides is 1. The van der Waals surface area contributed by atoms with Gasteiger partial charge in [-0.3, -0.25) is 9.89 Å². The predicted molar refractivity (Wildman–Crippen MR) is 63.3 cm³/mol. The number of nitrogens with one attached hydrogen (secondary N) is 2. The highest BCUT2D eigenvalue weighted by molar-refractivity contribution is 5.86. The highest BCUT2D eigenvalue weighted by Crippen LogP contribution is 2.34. The first-order valence-corrected chi connectivity index (χ1v) is 5.68. The molecule has 2 N–H and O–H groups in total. The van der Waals surface area contributed by atoms with Crippen molar-refractivity contribution in [2.24, 2.45) is 0 Å². The molecule has 0 radical (unpaired) electrons. The minimum atomic E-state index is 0.0223. The zero-order valence-corrected chi connectivity index (χ0v) is 9.31. The van der Waals surface area contributed by atoms with Crippen molar-refractivity contribution < 1.29 is 4.79 Å². The second kappa shape index (κ2) is 4.05. The van der Waals surface area contributed by atoms with Gasteiger partial charge < -0.3 is 5.32 Å². The molecule has 1 atom stereocenters. The van der Waals surface area contributed by atoms with E-state index in [-0.39, 0.29) is 11.8 Å². The highest BCUT2D eigenvalue weighted by Gasteiger charge is 2.31. The van der Waals surface area contributed by atoms with Crippen LogP contribution in [0, 0.1) is 0 Å². The van der Waals surface area contributed by atoms with Crippen LogP contribution in [0.5, 0.6) is 0 Å². The minimum absolute atomic E-state index is 0.0223. The van der Waals surface area contributed by atoms with Crippen molar-refractivity contribution in [3.05, 3.63) is 53.3 Å². The number of carbonyl (C=O) groups is 1. The summed E-state index contributed by atoms with van der Waals surface area (Å²) in [5.41, 5.74) is 3.37. The molecule has 0 saturated heterocycles. The Bertz CT molecular complexity index is 533. The van der Waals surface area contributed by atoms with Crippen LogP contribution in [0.4, 0.5) is 0 Å². The second-order valence-electron chi connectivity index (χ2n) is 4.26. The molecule has 86 valence electrons. The van der Waals surface area contributed by atoms with Gasteiger partial charge in [-0.2, -0.15) is 5.10 Å².